The highest BCUT2D eigenvalue weighted by Crippen LogP contribution is 2.32. The topological polar surface area (TPSA) is 49.6 Å². The van der Waals surface area contributed by atoms with Gasteiger partial charge in [-0.1, -0.05) is 6.07 Å². The second kappa shape index (κ2) is 8.81. The Morgan fingerprint density at radius 2 is 1.79 bits per heavy atom. The summed E-state index contributed by atoms with van der Waals surface area (Å²) in [7, 11) is 0. The van der Waals surface area contributed by atoms with E-state index in [0.29, 0.717) is 26.2 Å². The number of hydrogen-bond acceptors (Lipinski definition) is 3. The number of amides is 1. The quantitative estimate of drug-likeness (QED) is 0.516. The molecule has 0 aromatic heterocycles. The van der Waals surface area contributed by atoms with Crippen LogP contribution in [0.25, 0.3) is 0 Å². The number of halogens is 5. The number of benzene rings is 1. The van der Waals surface area contributed by atoms with Gasteiger partial charge in [-0.2, -0.15) is 13.2 Å². The maximum absolute atomic E-state index is 12.2. The zero-order valence-electron chi connectivity index (χ0n) is 13.2. The SMILES string of the molecule is Cc1ccc(N)cc1C(F)(F)F.O=CN1CCN(CC(F)F)CC1. The number of rotatable bonds is 3. The Labute approximate surface area is 137 Å². The molecule has 0 bridgehead atoms. The fourth-order valence-corrected chi connectivity index (χ4v) is 2.19. The third kappa shape index (κ3) is 6.69. The first kappa shape index (κ1) is 20.1. The van der Waals surface area contributed by atoms with Crippen LogP contribution in [0.1, 0.15) is 11.1 Å². The first-order chi connectivity index (χ1) is 11.1. The van der Waals surface area contributed by atoms with Gasteiger partial charge in [0.05, 0.1) is 12.1 Å². The second-order valence-corrected chi connectivity index (χ2v) is 5.41. The van der Waals surface area contributed by atoms with E-state index in [-0.39, 0.29) is 17.8 Å². The average molecular weight is 353 g/mol. The normalized spacial score (nSPS) is 15.9. The number of aryl methyl sites for hydroxylation is 1. The van der Waals surface area contributed by atoms with E-state index in [9.17, 15) is 26.7 Å². The first-order valence-corrected chi connectivity index (χ1v) is 7.26. The third-order valence-electron chi connectivity index (χ3n) is 3.52. The van der Waals surface area contributed by atoms with E-state index in [1.807, 2.05) is 0 Å². The van der Waals surface area contributed by atoms with E-state index in [1.165, 1.54) is 19.1 Å². The molecular formula is C15H20F5N3O. The Morgan fingerprint density at radius 1 is 1.21 bits per heavy atom. The Kier molecular flexibility index (Phi) is 7.40. The van der Waals surface area contributed by atoms with Crippen LogP contribution in [0, 0.1) is 6.92 Å². The molecule has 1 aromatic carbocycles. The van der Waals surface area contributed by atoms with Crippen molar-refractivity contribution in [1.82, 2.24) is 9.80 Å². The van der Waals surface area contributed by atoms with Crippen molar-refractivity contribution in [3.8, 4) is 0 Å². The average Bonchev–Trinajstić information content (AvgIpc) is 2.49. The van der Waals surface area contributed by atoms with Gasteiger partial charge in [0.2, 0.25) is 6.41 Å². The van der Waals surface area contributed by atoms with Crippen LogP contribution in [-0.2, 0) is 11.0 Å². The van der Waals surface area contributed by atoms with E-state index in [1.54, 1.807) is 9.80 Å². The maximum Gasteiger partial charge on any atom is 0.416 e. The predicted molar refractivity (Wildman–Crippen MR) is 80.7 cm³/mol. The number of nitrogens with two attached hydrogens (primary N) is 1. The molecule has 4 nitrogen and oxygen atoms in total. The van der Waals surface area contributed by atoms with Gasteiger partial charge in [0.15, 0.2) is 0 Å². The molecule has 2 N–H and O–H groups in total. The van der Waals surface area contributed by atoms with E-state index in [4.69, 9.17) is 5.73 Å². The number of nitrogens with zero attached hydrogens (tertiary/aromatic N) is 2. The minimum absolute atomic E-state index is 0.132. The first-order valence-electron chi connectivity index (χ1n) is 7.26. The summed E-state index contributed by atoms with van der Waals surface area (Å²) >= 11 is 0. The largest absolute Gasteiger partial charge is 0.416 e. The number of alkyl halides is 5. The van der Waals surface area contributed by atoms with Gasteiger partial charge in [-0.05, 0) is 24.6 Å². The number of hydrogen-bond donors (Lipinski definition) is 1. The summed E-state index contributed by atoms with van der Waals surface area (Å²) in [6.07, 6.45) is -5.81. The third-order valence-corrected chi connectivity index (χ3v) is 3.52. The predicted octanol–water partition coefficient (Wildman–Crippen LogP) is 2.62. The Morgan fingerprint density at radius 3 is 2.21 bits per heavy atom. The number of piperazine rings is 1. The molecule has 1 fully saturated rings. The lowest BCUT2D eigenvalue weighted by Crippen LogP contribution is -2.47. The minimum atomic E-state index is -4.31. The highest BCUT2D eigenvalue weighted by Gasteiger charge is 2.32. The molecule has 1 heterocycles. The molecule has 136 valence electrons. The smallest absolute Gasteiger partial charge is 0.399 e. The lowest BCUT2D eigenvalue weighted by Gasteiger charge is -2.31. The Balaban J connectivity index is 0.000000240. The van der Waals surface area contributed by atoms with Crippen LogP contribution in [0.3, 0.4) is 0 Å². The molecule has 0 saturated carbocycles. The van der Waals surface area contributed by atoms with Crippen LogP contribution in [0.5, 0.6) is 0 Å². The molecule has 1 amide bonds. The zero-order valence-corrected chi connectivity index (χ0v) is 13.2. The fourth-order valence-electron chi connectivity index (χ4n) is 2.19. The van der Waals surface area contributed by atoms with Crippen molar-refractivity contribution in [3.63, 3.8) is 0 Å². The van der Waals surface area contributed by atoms with Gasteiger partial charge in [-0.3, -0.25) is 9.69 Å². The molecule has 0 atom stereocenters. The zero-order chi connectivity index (χ0) is 18.3. The van der Waals surface area contributed by atoms with E-state index in [0.717, 1.165) is 12.5 Å². The van der Waals surface area contributed by atoms with Crippen molar-refractivity contribution in [2.24, 2.45) is 0 Å². The molecule has 0 radical (unpaired) electrons. The Bertz CT molecular complexity index is 528. The number of anilines is 1. The van der Waals surface area contributed by atoms with Gasteiger partial charge in [0, 0.05) is 31.9 Å². The van der Waals surface area contributed by atoms with Crippen LogP contribution >= 0.6 is 0 Å². The second-order valence-electron chi connectivity index (χ2n) is 5.41. The van der Waals surface area contributed by atoms with Gasteiger partial charge in [0.25, 0.3) is 6.43 Å². The van der Waals surface area contributed by atoms with Crippen LogP contribution in [0.15, 0.2) is 18.2 Å². The highest BCUT2D eigenvalue weighted by atomic mass is 19.4. The van der Waals surface area contributed by atoms with Crippen molar-refractivity contribution in [2.45, 2.75) is 19.5 Å². The molecule has 0 aliphatic carbocycles. The van der Waals surface area contributed by atoms with Crippen molar-refractivity contribution in [3.05, 3.63) is 29.3 Å². The molecule has 1 aliphatic rings. The van der Waals surface area contributed by atoms with E-state index >= 15 is 0 Å². The molecule has 1 aliphatic heterocycles. The van der Waals surface area contributed by atoms with Crippen molar-refractivity contribution in [1.29, 1.82) is 0 Å². The Hall–Kier alpha value is -1.90. The molecule has 24 heavy (non-hydrogen) atoms. The molecule has 0 unspecified atom stereocenters. The van der Waals surface area contributed by atoms with Crippen molar-refractivity contribution >= 4 is 12.1 Å². The summed E-state index contributed by atoms with van der Waals surface area (Å²) in [5.74, 6) is 0. The van der Waals surface area contributed by atoms with Gasteiger partial charge in [0.1, 0.15) is 0 Å². The highest BCUT2D eigenvalue weighted by molar-refractivity contribution is 5.47. The van der Waals surface area contributed by atoms with Gasteiger partial charge in [-0.25, -0.2) is 8.78 Å². The van der Waals surface area contributed by atoms with Crippen LogP contribution in [-0.4, -0.2) is 55.4 Å². The number of nitrogen functional groups attached to an aromatic ring is 1. The standard InChI is InChI=1S/C8H8F3N.C7H12F2N2O/c1-5-2-3-6(12)4-7(5)8(9,10)11;8-7(9)5-10-1-3-11(6-12)4-2-10/h2-4H,12H2,1H3;6-7H,1-5H2. The lowest BCUT2D eigenvalue weighted by atomic mass is 10.1. The van der Waals surface area contributed by atoms with Crippen LogP contribution in [0.2, 0.25) is 0 Å². The minimum Gasteiger partial charge on any atom is -0.399 e. The van der Waals surface area contributed by atoms with E-state index in [2.05, 4.69) is 0 Å². The molecule has 2 rings (SSSR count). The molecule has 1 saturated heterocycles. The lowest BCUT2D eigenvalue weighted by molar-refractivity contribution is -0.138. The number of carbonyl (C=O) groups excluding carboxylic acids is 1. The summed E-state index contributed by atoms with van der Waals surface area (Å²) in [4.78, 5) is 13.5. The monoisotopic (exact) mass is 353 g/mol. The summed E-state index contributed by atoms with van der Waals surface area (Å²) in [5.41, 5.74) is 4.88. The van der Waals surface area contributed by atoms with Crippen molar-refractivity contribution < 1.29 is 26.7 Å². The van der Waals surface area contributed by atoms with Crippen molar-refractivity contribution in [2.75, 3.05) is 38.5 Å². The van der Waals surface area contributed by atoms with Gasteiger partial charge >= 0.3 is 6.18 Å². The summed E-state index contributed by atoms with van der Waals surface area (Å²) in [6, 6.07) is 3.75. The van der Waals surface area contributed by atoms with Gasteiger partial charge in [-0.15, -0.1) is 0 Å². The van der Waals surface area contributed by atoms with Crippen LogP contribution < -0.4 is 5.73 Å². The summed E-state index contributed by atoms with van der Waals surface area (Å²) in [5, 5.41) is 0. The molecule has 0 spiro atoms. The van der Waals surface area contributed by atoms with Gasteiger partial charge < -0.3 is 10.6 Å². The molecule has 9 heteroatoms. The number of carbonyl (C=O) groups is 1. The summed E-state index contributed by atoms with van der Waals surface area (Å²) < 4.78 is 60.3. The molecule has 1 aromatic rings. The molecular weight excluding hydrogens is 333 g/mol. The summed E-state index contributed by atoms with van der Waals surface area (Å²) in [6.45, 7) is 3.48. The van der Waals surface area contributed by atoms with Crippen LogP contribution in [0.4, 0.5) is 27.6 Å². The maximum atomic E-state index is 12.2. The fraction of sp³-hybridized carbons (Fsp3) is 0.533. The van der Waals surface area contributed by atoms with E-state index < -0.39 is 18.2 Å².